The number of aliphatic imine (C=N–C) groups is 1. The summed E-state index contributed by atoms with van der Waals surface area (Å²) in [5.41, 5.74) is 0. The molecule has 1 unspecified atom stereocenters. The van der Waals surface area contributed by atoms with Gasteiger partial charge in [-0.05, 0) is 6.42 Å². The van der Waals surface area contributed by atoms with Crippen molar-refractivity contribution in [1.82, 2.24) is 0 Å². The number of quaternary nitrogens is 1. The molecule has 0 amide bonds. The van der Waals surface area contributed by atoms with Gasteiger partial charge in [-0.3, -0.25) is 0 Å². The van der Waals surface area contributed by atoms with E-state index in [2.05, 4.69) is 11.9 Å². The fourth-order valence-corrected chi connectivity index (χ4v) is 3.07. The van der Waals surface area contributed by atoms with Gasteiger partial charge in [0.05, 0.1) is 6.20 Å². The molecule has 0 saturated carbocycles. The van der Waals surface area contributed by atoms with Crippen molar-refractivity contribution < 1.29 is 19.5 Å². The number of carboxylic acids is 1. The van der Waals surface area contributed by atoms with Crippen molar-refractivity contribution in [2.45, 2.75) is 77.6 Å². The van der Waals surface area contributed by atoms with Crippen LogP contribution in [0, 0.1) is 0 Å². The van der Waals surface area contributed by atoms with E-state index in [1.807, 2.05) is 0 Å². The summed E-state index contributed by atoms with van der Waals surface area (Å²) in [4.78, 5) is 15.3. The first-order chi connectivity index (χ1) is 11.1. The van der Waals surface area contributed by atoms with E-state index in [-0.39, 0.29) is 17.8 Å². The first-order valence-corrected chi connectivity index (χ1v) is 9.09. The number of aliphatic hydroxyl groups is 1. The van der Waals surface area contributed by atoms with Crippen LogP contribution in [0.25, 0.3) is 0 Å². The molecule has 1 heterocycles. The summed E-state index contributed by atoms with van der Waals surface area (Å²) in [7, 11) is 0. The van der Waals surface area contributed by atoms with Crippen molar-refractivity contribution in [2.75, 3.05) is 13.3 Å². The summed E-state index contributed by atoms with van der Waals surface area (Å²) < 4.78 is -0.0350. The molecule has 5 nitrogen and oxygen atoms in total. The third kappa shape index (κ3) is 7.27. The van der Waals surface area contributed by atoms with Gasteiger partial charge < -0.3 is 10.2 Å². The molecule has 0 spiro atoms. The molecule has 23 heavy (non-hydrogen) atoms. The van der Waals surface area contributed by atoms with E-state index >= 15 is 0 Å². The molecule has 0 saturated heterocycles. The van der Waals surface area contributed by atoms with Gasteiger partial charge in [-0.15, -0.1) is 0 Å². The Morgan fingerprint density at radius 1 is 1.04 bits per heavy atom. The van der Waals surface area contributed by atoms with Crippen LogP contribution in [-0.2, 0) is 4.79 Å². The highest BCUT2D eigenvalue weighted by Gasteiger charge is 2.36. The van der Waals surface area contributed by atoms with Gasteiger partial charge in [0.25, 0.3) is 0 Å². The van der Waals surface area contributed by atoms with E-state index in [0.29, 0.717) is 0 Å². The van der Waals surface area contributed by atoms with Crippen LogP contribution in [0.5, 0.6) is 0 Å². The normalized spacial score (nSPS) is 20.0. The van der Waals surface area contributed by atoms with Gasteiger partial charge >= 0.3 is 5.97 Å². The van der Waals surface area contributed by atoms with Crippen molar-refractivity contribution in [3.8, 4) is 0 Å². The van der Waals surface area contributed by atoms with Crippen LogP contribution in [0.15, 0.2) is 17.4 Å². The Morgan fingerprint density at radius 2 is 1.61 bits per heavy atom. The smallest absolute Gasteiger partial charge is 0.360 e. The number of hydrogen-bond acceptors (Lipinski definition) is 3. The predicted molar refractivity (Wildman–Crippen MR) is 92.9 cm³/mol. The Morgan fingerprint density at radius 3 is 2.13 bits per heavy atom. The first-order valence-electron chi connectivity index (χ1n) is 9.09. The summed E-state index contributed by atoms with van der Waals surface area (Å²) in [5, 5.41) is 18.6. The van der Waals surface area contributed by atoms with Crippen LogP contribution in [-0.4, -0.2) is 39.8 Å². The zero-order valence-electron chi connectivity index (χ0n) is 14.5. The quantitative estimate of drug-likeness (QED) is 0.374. The van der Waals surface area contributed by atoms with Gasteiger partial charge in [0.15, 0.2) is 13.3 Å². The lowest BCUT2D eigenvalue weighted by molar-refractivity contribution is -0.802. The molecule has 1 aliphatic heterocycles. The highest BCUT2D eigenvalue weighted by atomic mass is 16.4. The molecule has 0 fully saturated rings. The van der Waals surface area contributed by atoms with Crippen molar-refractivity contribution in [2.24, 2.45) is 4.99 Å². The van der Waals surface area contributed by atoms with Gasteiger partial charge in [-0.1, -0.05) is 64.7 Å². The van der Waals surface area contributed by atoms with Gasteiger partial charge in [0.2, 0.25) is 5.84 Å². The molecule has 1 aliphatic rings. The number of carbonyl (C=O) groups is 1. The average Bonchev–Trinajstić information content (AvgIpc) is 2.91. The zero-order chi connectivity index (χ0) is 17.0. The number of aliphatic carboxylic acids is 1. The summed E-state index contributed by atoms with van der Waals surface area (Å²) in [6.45, 7) is 1.87. The van der Waals surface area contributed by atoms with E-state index in [0.717, 1.165) is 25.1 Å². The molecule has 132 valence electrons. The predicted octanol–water partition coefficient (Wildman–Crippen LogP) is 4.03. The van der Waals surface area contributed by atoms with Gasteiger partial charge in [-0.25, -0.2) is 14.3 Å². The molecule has 2 N–H and O–H groups in total. The minimum atomic E-state index is -0.915. The summed E-state index contributed by atoms with van der Waals surface area (Å²) >= 11 is 0. The molecule has 0 aromatic heterocycles. The number of hydrogen-bond donors (Lipinski definition) is 2. The van der Waals surface area contributed by atoms with E-state index in [1.165, 1.54) is 51.4 Å². The second-order valence-corrected chi connectivity index (χ2v) is 6.50. The minimum absolute atomic E-state index is 0.0350. The molecule has 0 aromatic carbocycles. The molecule has 5 heteroatoms. The molecule has 0 aromatic rings. The minimum Gasteiger partial charge on any atom is -0.477 e. The van der Waals surface area contributed by atoms with Crippen molar-refractivity contribution in [3.63, 3.8) is 0 Å². The third-order valence-electron chi connectivity index (χ3n) is 4.51. The maximum atomic E-state index is 11.0. The molecule has 0 bridgehead atoms. The molecule has 1 rings (SSSR count). The molecule has 0 radical (unpaired) electrons. The maximum Gasteiger partial charge on any atom is 0.360 e. The SMILES string of the molecule is CCCCCCCCCCCCC1=NC=C[N+]1(CO)CC(=O)O. The Hall–Kier alpha value is -1.20. The van der Waals surface area contributed by atoms with Crippen LogP contribution in [0.1, 0.15) is 77.6 Å². The standard InChI is InChI=1S/C18H32N2O3/c1-2-3-4-5-6-7-8-9-10-11-12-17-19-13-14-20(17,16-21)15-18(22)23/h13-14,21H,2-12,15-16H2,1H3/p+1. The van der Waals surface area contributed by atoms with Crippen LogP contribution in [0.4, 0.5) is 0 Å². The van der Waals surface area contributed by atoms with Crippen molar-refractivity contribution in [3.05, 3.63) is 12.4 Å². The lowest BCUT2D eigenvalue weighted by atomic mass is 10.1. The number of unbranched alkanes of at least 4 members (excludes halogenated alkanes) is 9. The molecular weight excluding hydrogens is 292 g/mol. The highest BCUT2D eigenvalue weighted by Crippen LogP contribution is 2.20. The lowest BCUT2D eigenvalue weighted by Crippen LogP contribution is -2.50. The van der Waals surface area contributed by atoms with Crippen molar-refractivity contribution >= 4 is 11.8 Å². The summed E-state index contributed by atoms with van der Waals surface area (Å²) in [5.74, 6) is -0.143. The Kier molecular flexibility index (Phi) is 9.80. The lowest BCUT2D eigenvalue weighted by Gasteiger charge is -2.28. The number of rotatable bonds is 14. The largest absolute Gasteiger partial charge is 0.477 e. The highest BCUT2D eigenvalue weighted by molar-refractivity contribution is 5.81. The molecular formula is C18H33N2O3+. The number of amidine groups is 1. The van der Waals surface area contributed by atoms with Gasteiger partial charge in [-0.2, -0.15) is 0 Å². The summed E-state index contributed by atoms with van der Waals surface area (Å²) in [6.07, 6.45) is 16.8. The van der Waals surface area contributed by atoms with E-state index < -0.39 is 5.97 Å². The zero-order valence-corrected chi connectivity index (χ0v) is 14.5. The average molecular weight is 325 g/mol. The van der Waals surface area contributed by atoms with Crippen molar-refractivity contribution in [1.29, 1.82) is 0 Å². The Bertz CT molecular complexity index is 407. The summed E-state index contributed by atoms with van der Waals surface area (Å²) in [6, 6.07) is 0. The van der Waals surface area contributed by atoms with Gasteiger partial charge in [0, 0.05) is 6.42 Å². The van der Waals surface area contributed by atoms with Crippen LogP contribution >= 0.6 is 0 Å². The van der Waals surface area contributed by atoms with Gasteiger partial charge in [0.1, 0.15) is 6.20 Å². The fourth-order valence-electron chi connectivity index (χ4n) is 3.07. The molecule has 0 aliphatic carbocycles. The number of carboxylic acid groups (broad SMARTS) is 1. The second-order valence-electron chi connectivity index (χ2n) is 6.50. The first kappa shape index (κ1) is 19.8. The Balaban J connectivity index is 2.12. The van der Waals surface area contributed by atoms with E-state index in [1.54, 1.807) is 12.4 Å². The second kappa shape index (κ2) is 11.4. The topological polar surface area (TPSA) is 69.9 Å². The van der Waals surface area contributed by atoms with Crippen LogP contribution in [0.3, 0.4) is 0 Å². The van der Waals surface area contributed by atoms with E-state index in [4.69, 9.17) is 5.11 Å². The van der Waals surface area contributed by atoms with Crippen LogP contribution < -0.4 is 0 Å². The Labute approximate surface area is 140 Å². The van der Waals surface area contributed by atoms with Crippen LogP contribution in [0.2, 0.25) is 0 Å². The number of aliphatic hydroxyl groups excluding tert-OH is 1. The number of nitrogens with zero attached hydrogens (tertiary/aromatic N) is 2. The monoisotopic (exact) mass is 325 g/mol. The fraction of sp³-hybridized carbons (Fsp3) is 0.778. The third-order valence-corrected chi connectivity index (χ3v) is 4.51. The van der Waals surface area contributed by atoms with E-state index in [9.17, 15) is 9.90 Å². The maximum absolute atomic E-state index is 11.0. The molecule has 1 atom stereocenters.